The molecule has 1 aliphatic heterocycles. The molecule has 0 aromatic heterocycles. The zero-order chi connectivity index (χ0) is 16.5. The standard InChI is InChI=1S/C16H20N2O4/c1-16(2,3)18-9-11(8-13(18)19)14(20)17-12-6-4-10(5-7-12)15(21)22/h4-7,11H,8-9H2,1-3H3,(H,17,20)(H,21,22)/t11-/m1/s1. The van der Waals surface area contributed by atoms with E-state index in [2.05, 4.69) is 5.32 Å². The third kappa shape index (κ3) is 3.44. The average molecular weight is 304 g/mol. The fraction of sp³-hybridized carbons (Fsp3) is 0.438. The maximum atomic E-state index is 12.2. The average Bonchev–Trinajstić information content (AvgIpc) is 2.81. The SMILES string of the molecule is CC(C)(C)N1C[C@H](C(=O)Nc2ccc(C(=O)O)cc2)CC1=O. The van der Waals surface area contributed by atoms with Crippen molar-refractivity contribution in [2.45, 2.75) is 32.7 Å². The Balaban J connectivity index is 2.01. The Bertz CT molecular complexity index is 602. The molecule has 2 N–H and O–H groups in total. The Labute approximate surface area is 129 Å². The zero-order valence-corrected chi connectivity index (χ0v) is 12.9. The summed E-state index contributed by atoms with van der Waals surface area (Å²) in [6.45, 7) is 6.23. The van der Waals surface area contributed by atoms with Crippen LogP contribution >= 0.6 is 0 Å². The number of hydrogen-bond donors (Lipinski definition) is 2. The lowest BCUT2D eigenvalue weighted by Crippen LogP contribution is -2.42. The molecule has 6 heteroatoms. The van der Waals surface area contributed by atoms with E-state index in [9.17, 15) is 14.4 Å². The van der Waals surface area contributed by atoms with Gasteiger partial charge in [-0.1, -0.05) is 0 Å². The third-order valence-corrected chi connectivity index (χ3v) is 3.70. The number of aromatic carboxylic acids is 1. The minimum Gasteiger partial charge on any atom is -0.478 e. The molecule has 0 radical (unpaired) electrons. The molecule has 1 aromatic rings. The molecule has 22 heavy (non-hydrogen) atoms. The van der Waals surface area contributed by atoms with Gasteiger partial charge >= 0.3 is 5.97 Å². The lowest BCUT2D eigenvalue weighted by Gasteiger charge is -2.31. The van der Waals surface area contributed by atoms with Gasteiger partial charge in [0.15, 0.2) is 0 Å². The summed E-state index contributed by atoms with van der Waals surface area (Å²) in [5.41, 5.74) is 0.388. The number of benzene rings is 1. The molecular weight excluding hydrogens is 284 g/mol. The van der Waals surface area contributed by atoms with Crippen LogP contribution in [0, 0.1) is 5.92 Å². The lowest BCUT2D eigenvalue weighted by atomic mass is 10.1. The predicted molar refractivity (Wildman–Crippen MR) is 81.6 cm³/mol. The molecule has 1 atom stereocenters. The summed E-state index contributed by atoms with van der Waals surface area (Å²) >= 11 is 0. The quantitative estimate of drug-likeness (QED) is 0.894. The summed E-state index contributed by atoms with van der Waals surface area (Å²) < 4.78 is 0. The molecule has 1 fully saturated rings. The zero-order valence-electron chi connectivity index (χ0n) is 12.9. The maximum Gasteiger partial charge on any atom is 0.335 e. The number of likely N-dealkylation sites (tertiary alicyclic amines) is 1. The van der Waals surface area contributed by atoms with Gasteiger partial charge in [0.1, 0.15) is 0 Å². The Hall–Kier alpha value is -2.37. The first kappa shape index (κ1) is 16.0. The van der Waals surface area contributed by atoms with E-state index in [1.807, 2.05) is 20.8 Å². The van der Waals surface area contributed by atoms with Crippen LogP contribution in [0.2, 0.25) is 0 Å². The number of hydrogen-bond acceptors (Lipinski definition) is 3. The number of nitrogens with one attached hydrogen (secondary N) is 1. The molecule has 118 valence electrons. The van der Waals surface area contributed by atoms with E-state index in [1.54, 1.807) is 17.0 Å². The van der Waals surface area contributed by atoms with Gasteiger partial charge in [0.2, 0.25) is 11.8 Å². The van der Waals surface area contributed by atoms with Crippen molar-refractivity contribution in [3.8, 4) is 0 Å². The Morgan fingerprint density at radius 1 is 1.23 bits per heavy atom. The van der Waals surface area contributed by atoms with E-state index in [1.165, 1.54) is 12.1 Å². The Morgan fingerprint density at radius 3 is 2.27 bits per heavy atom. The molecule has 6 nitrogen and oxygen atoms in total. The van der Waals surface area contributed by atoms with Crippen molar-refractivity contribution >= 4 is 23.5 Å². The molecular formula is C16H20N2O4. The number of anilines is 1. The molecule has 1 saturated heterocycles. The summed E-state index contributed by atoms with van der Waals surface area (Å²) in [5, 5.41) is 11.6. The monoisotopic (exact) mass is 304 g/mol. The fourth-order valence-electron chi connectivity index (χ4n) is 2.47. The van der Waals surface area contributed by atoms with Crippen molar-refractivity contribution in [3.63, 3.8) is 0 Å². The van der Waals surface area contributed by atoms with Crippen LogP contribution in [0.4, 0.5) is 5.69 Å². The summed E-state index contributed by atoms with van der Waals surface area (Å²) in [6, 6.07) is 5.94. The van der Waals surface area contributed by atoms with Gasteiger partial charge in [-0.2, -0.15) is 0 Å². The first-order valence-electron chi connectivity index (χ1n) is 7.13. The van der Waals surface area contributed by atoms with Crippen molar-refractivity contribution in [2.24, 2.45) is 5.92 Å². The van der Waals surface area contributed by atoms with Crippen LogP contribution in [0.25, 0.3) is 0 Å². The molecule has 1 heterocycles. The molecule has 1 aliphatic rings. The van der Waals surface area contributed by atoms with Crippen molar-refractivity contribution in [1.82, 2.24) is 4.90 Å². The first-order chi connectivity index (χ1) is 10.2. The van der Waals surface area contributed by atoms with Crippen LogP contribution in [0.1, 0.15) is 37.6 Å². The van der Waals surface area contributed by atoms with Crippen molar-refractivity contribution in [2.75, 3.05) is 11.9 Å². The topological polar surface area (TPSA) is 86.7 Å². The minimum absolute atomic E-state index is 0.0196. The van der Waals surface area contributed by atoms with Crippen LogP contribution in [0.3, 0.4) is 0 Å². The van der Waals surface area contributed by atoms with Crippen LogP contribution in [0.15, 0.2) is 24.3 Å². The minimum atomic E-state index is -1.01. The van der Waals surface area contributed by atoms with E-state index in [4.69, 9.17) is 5.11 Å². The molecule has 1 aromatic carbocycles. The highest BCUT2D eigenvalue weighted by Crippen LogP contribution is 2.26. The van der Waals surface area contributed by atoms with Crippen molar-refractivity contribution in [3.05, 3.63) is 29.8 Å². The lowest BCUT2D eigenvalue weighted by molar-refractivity contribution is -0.131. The van der Waals surface area contributed by atoms with Gasteiger partial charge in [-0.05, 0) is 45.0 Å². The highest BCUT2D eigenvalue weighted by Gasteiger charge is 2.39. The number of carbonyl (C=O) groups excluding carboxylic acids is 2. The van der Waals surface area contributed by atoms with Crippen molar-refractivity contribution in [1.29, 1.82) is 0 Å². The van der Waals surface area contributed by atoms with Gasteiger partial charge < -0.3 is 15.3 Å². The molecule has 2 amide bonds. The van der Waals surface area contributed by atoms with Gasteiger partial charge in [-0.3, -0.25) is 9.59 Å². The second-order valence-electron chi connectivity index (χ2n) is 6.45. The molecule has 0 saturated carbocycles. The van der Waals surface area contributed by atoms with Crippen LogP contribution in [-0.4, -0.2) is 39.9 Å². The van der Waals surface area contributed by atoms with E-state index in [-0.39, 0.29) is 35.3 Å². The van der Waals surface area contributed by atoms with E-state index >= 15 is 0 Å². The van der Waals surface area contributed by atoms with Gasteiger partial charge in [0.25, 0.3) is 0 Å². The number of nitrogens with zero attached hydrogens (tertiary/aromatic N) is 1. The van der Waals surface area contributed by atoms with E-state index in [0.29, 0.717) is 12.2 Å². The third-order valence-electron chi connectivity index (χ3n) is 3.70. The largest absolute Gasteiger partial charge is 0.478 e. The summed E-state index contributed by atoms with van der Waals surface area (Å²) in [6.07, 6.45) is 0.205. The predicted octanol–water partition coefficient (Wildman–Crippen LogP) is 1.97. The molecule has 0 aliphatic carbocycles. The van der Waals surface area contributed by atoms with Gasteiger partial charge in [-0.15, -0.1) is 0 Å². The highest BCUT2D eigenvalue weighted by molar-refractivity contribution is 5.97. The number of amides is 2. The summed E-state index contributed by atoms with van der Waals surface area (Å²) in [4.78, 5) is 36.7. The van der Waals surface area contributed by atoms with Crippen LogP contribution < -0.4 is 5.32 Å². The number of carboxylic acid groups (broad SMARTS) is 1. The maximum absolute atomic E-state index is 12.2. The molecule has 2 rings (SSSR count). The normalized spacial score (nSPS) is 18.4. The van der Waals surface area contributed by atoms with E-state index in [0.717, 1.165) is 0 Å². The van der Waals surface area contributed by atoms with Gasteiger partial charge in [-0.25, -0.2) is 4.79 Å². The second-order valence-corrected chi connectivity index (χ2v) is 6.45. The van der Waals surface area contributed by atoms with Gasteiger partial charge in [0, 0.05) is 24.2 Å². The van der Waals surface area contributed by atoms with Crippen LogP contribution in [-0.2, 0) is 9.59 Å². The molecule has 0 spiro atoms. The Morgan fingerprint density at radius 2 is 1.82 bits per heavy atom. The molecule has 0 unspecified atom stereocenters. The second kappa shape index (κ2) is 5.79. The Kier molecular flexibility index (Phi) is 4.21. The number of carbonyl (C=O) groups is 3. The highest BCUT2D eigenvalue weighted by atomic mass is 16.4. The molecule has 0 bridgehead atoms. The number of carboxylic acids is 1. The smallest absolute Gasteiger partial charge is 0.335 e. The van der Waals surface area contributed by atoms with Gasteiger partial charge in [0.05, 0.1) is 11.5 Å². The van der Waals surface area contributed by atoms with Crippen LogP contribution in [0.5, 0.6) is 0 Å². The fourth-order valence-corrected chi connectivity index (χ4v) is 2.47. The van der Waals surface area contributed by atoms with Crippen molar-refractivity contribution < 1.29 is 19.5 Å². The number of rotatable bonds is 3. The van der Waals surface area contributed by atoms with E-state index < -0.39 is 5.97 Å². The summed E-state index contributed by atoms with van der Waals surface area (Å²) in [7, 11) is 0. The summed E-state index contributed by atoms with van der Waals surface area (Å²) in [5.74, 6) is -1.64. The first-order valence-corrected chi connectivity index (χ1v) is 7.13.